The Morgan fingerprint density at radius 1 is 1.04 bits per heavy atom. The number of hydrogen-bond acceptors (Lipinski definition) is 5. The second-order valence-corrected chi connectivity index (χ2v) is 7.83. The SMILES string of the molecule is CN(C(C)(C)C(=O)NO)S(=O)(=O)c1ccc(Oc2ccccc2)cc1. The van der Waals surface area contributed by atoms with Crippen LogP contribution in [0.2, 0.25) is 0 Å². The Morgan fingerprint density at radius 3 is 2.08 bits per heavy atom. The number of nitrogens with zero attached hydrogens (tertiary/aromatic N) is 1. The summed E-state index contributed by atoms with van der Waals surface area (Å²) in [5.74, 6) is 0.291. The molecule has 25 heavy (non-hydrogen) atoms. The lowest BCUT2D eigenvalue weighted by molar-refractivity contribution is -0.137. The molecule has 134 valence electrons. The molecular formula is C17H20N2O5S. The Hall–Kier alpha value is -2.42. The summed E-state index contributed by atoms with van der Waals surface area (Å²) in [5, 5.41) is 8.79. The minimum absolute atomic E-state index is 0.00854. The number of hydrogen-bond donors (Lipinski definition) is 2. The number of nitrogens with one attached hydrogen (secondary N) is 1. The molecule has 7 nitrogen and oxygen atoms in total. The Balaban J connectivity index is 2.24. The quantitative estimate of drug-likeness (QED) is 0.606. The van der Waals surface area contributed by atoms with Gasteiger partial charge < -0.3 is 4.74 Å². The molecule has 0 aromatic heterocycles. The zero-order valence-corrected chi connectivity index (χ0v) is 14.9. The van der Waals surface area contributed by atoms with Crippen molar-refractivity contribution in [2.75, 3.05) is 7.05 Å². The van der Waals surface area contributed by atoms with Gasteiger partial charge in [0.1, 0.15) is 17.0 Å². The van der Waals surface area contributed by atoms with Gasteiger partial charge in [0.25, 0.3) is 5.91 Å². The smallest absolute Gasteiger partial charge is 0.264 e. The van der Waals surface area contributed by atoms with Gasteiger partial charge in [-0.3, -0.25) is 10.0 Å². The molecule has 8 heteroatoms. The fourth-order valence-corrected chi connectivity index (χ4v) is 3.52. The average molecular weight is 364 g/mol. The molecule has 0 spiro atoms. The maximum absolute atomic E-state index is 12.7. The van der Waals surface area contributed by atoms with Crippen molar-refractivity contribution in [3.05, 3.63) is 54.6 Å². The molecule has 1 amide bonds. The number of carbonyl (C=O) groups is 1. The number of benzene rings is 2. The Bertz CT molecular complexity index is 833. The van der Waals surface area contributed by atoms with Crippen molar-refractivity contribution in [2.24, 2.45) is 0 Å². The number of sulfonamides is 1. The highest BCUT2D eigenvalue weighted by molar-refractivity contribution is 7.89. The van der Waals surface area contributed by atoms with Gasteiger partial charge in [-0.25, -0.2) is 13.9 Å². The van der Waals surface area contributed by atoms with E-state index in [0.29, 0.717) is 11.5 Å². The van der Waals surface area contributed by atoms with E-state index in [2.05, 4.69) is 0 Å². The lowest BCUT2D eigenvalue weighted by Gasteiger charge is -2.32. The summed E-state index contributed by atoms with van der Waals surface area (Å²) in [6.07, 6.45) is 0. The van der Waals surface area contributed by atoms with Gasteiger partial charge >= 0.3 is 0 Å². The molecule has 2 N–H and O–H groups in total. The molecule has 0 aliphatic heterocycles. The topological polar surface area (TPSA) is 95.9 Å². The number of hydroxylamine groups is 1. The molecule has 0 radical (unpaired) electrons. The van der Waals surface area contributed by atoms with Gasteiger partial charge in [0.15, 0.2) is 0 Å². The maximum Gasteiger partial charge on any atom is 0.264 e. The number of rotatable bonds is 6. The van der Waals surface area contributed by atoms with Crippen LogP contribution in [0.3, 0.4) is 0 Å². The van der Waals surface area contributed by atoms with Gasteiger partial charge in [0, 0.05) is 7.05 Å². The predicted octanol–water partition coefficient (Wildman–Crippen LogP) is 2.38. The fourth-order valence-electron chi connectivity index (χ4n) is 2.04. The van der Waals surface area contributed by atoms with Crippen LogP contribution in [0.5, 0.6) is 11.5 Å². The molecule has 0 aliphatic carbocycles. The zero-order valence-electron chi connectivity index (χ0n) is 14.1. The first-order valence-electron chi connectivity index (χ1n) is 7.46. The molecule has 0 saturated heterocycles. The lowest BCUT2D eigenvalue weighted by atomic mass is 10.1. The molecule has 0 saturated carbocycles. The predicted molar refractivity (Wildman–Crippen MR) is 91.9 cm³/mol. The molecule has 0 bridgehead atoms. The van der Waals surface area contributed by atoms with E-state index in [1.165, 1.54) is 50.6 Å². The van der Waals surface area contributed by atoms with Crippen molar-refractivity contribution >= 4 is 15.9 Å². The van der Waals surface area contributed by atoms with E-state index in [9.17, 15) is 13.2 Å². The number of para-hydroxylation sites is 1. The van der Waals surface area contributed by atoms with E-state index in [4.69, 9.17) is 9.94 Å². The minimum Gasteiger partial charge on any atom is -0.457 e. The third kappa shape index (κ3) is 3.98. The monoisotopic (exact) mass is 364 g/mol. The first kappa shape index (κ1) is 18.9. The van der Waals surface area contributed by atoms with Crippen LogP contribution < -0.4 is 10.2 Å². The van der Waals surface area contributed by atoms with E-state index >= 15 is 0 Å². The number of ether oxygens (including phenoxy) is 1. The van der Waals surface area contributed by atoms with Gasteiger partial charge in [-0.1, -0.05) is 18.2 Å². The van der Waals surface area contributed by atoms with Crippen LogP contribution in [-0.2, 0) is 14.8 Å². The van der Waals surface area contributed by atoms with Gasteiger partial charge in [-0.15, -0.1) is 0 Å². The largest absolute Gasteiger partial charge is 0.457 e. The van der Waals surface area contributed by atoms with Gasteiger partial charge in [0.2, 0.25) is 10.0 Å². The Labute approximate surface area is 146 Å². The van der Waals surface area contributed by atoms with Crippen molar-refractivity contribution in [2.45, 2.75) is 24.3 Å². The average Bonchev–Trinajstić information content (AvgIpc) is 2.61. The lowest BCUT2D eigenvalue weighted by Crippen LogP contribution is -2.54. The van der Waals surface area contributed by atoms with Crippen LogP contribution in [-0.4, -0.2) is 36.4 Å². The van der Waals surface area contributed by atoms with Crippen molar-refractivity contribution in [3.8, 4) is 11.5 Å². The zero-order chi connectivity index (χ0) is 18.7. The van der Waals surface area contributed by atoms with Crippen molar-refractivity contribution in [1.29, 1.82) is 0 Å². The van der Waals surface area contributed by atoms with Crippen LogP contribution in [0.15, 0.2) is 59.5 Å². The van der Waals surface area contributed by atoms with Crippen LogP contribution in [0, 0.1) is 0 Å². The second kappa shape index (κ2) is 7.22. The molecule has 0 atom stereocenters. The summed E-state index contributed by atoms with van der Waals surface area (Å²) in [4.78, 5) is 11.7. The molecule has 0 fully saturated rings. The van der Waals surface area contributed by atoms with Gasteiger partial charge in [-0.2, -0.15) is 4.31 Å². The highest BCUT2D eigenvalue weighted by atomic mass is 32.2. The molecule has 0 aliphatic rings. The summed E-state index contributed by atoms with van der Waals surface area (Å²) < 4.78 is 31.9. The van der Waals surface area contributed by atoms with Crippen LogP contribution in [0.4, 0.5) is 0 Å². The minimum atomic E-state index is -3.94. The molecular weight excluding hydrogens is 344 g/mol. The number of likely N-dealkylation sites (N-methyl/N-ethyl adjacent to an activating group) is 1. The van der Waals surface area contributed by atoms with Crippen LogP contribution >= 0.6 is 0 Å². The highest BCUT2D eigenvalue weighted by Crippen LogP contribution is 2.26. The first-order chi connectivity index (χ1) is 11.7. The highest BCUT2D eigenvalue weighted by Gasteiger charge is 2.39. The molecule has 2 aromatic carbocycles. The first-order valence-corrected chi connectivity index (χ1v) is 8.90. The van der Waals surface area contributed by atoms with Crippen molar-refractivity contribution < 1.29 is 23.2 Å². The Kier molecular flexibility index (Phi) is 5.46. The van der Waals surface area contributed by atoms with Crippen LogP contribution in [0.25, 0.3) is 0 Å². The van der Waals surface area contributed by atoms with E-state index in [1.54, 1.807) is 12.1 Å². The molecule has 2 rings (SSSR count). The van der Waals surface area contributed by atoms with E-state index < -0.39 is 21.5 Å². The van der Waals surface area contributed by atoms with Gasteiger partial charge in [-0.05, 0) is 50.2 Å². The molecule has 0 unspecified atom stereocenters. The maximum atomic E-state index is 12.7. The summed E-state index contributed by atoms with van der Waals surface area (Å²) in [6, 6.07) is 15.0. The Morgan fingerprint density at radius 2 is 1.56 bits per heavy atom. The number of amides is 1. The van der Waals surface area contributed by atoms with Gasteiger partial charge in [0.05, 0.1) is 4.90 Å². The summed E-state index contributed by atoms with van der Waals surface area (Å²) in [5.41, 5.74) is 0.0156. The summed E-state index contributed by atoms with van der Waals surface area (Å²) in [7, 11) is -2.66. The summed E-state index contributed by atoms with van der Waals surface area (Å²) in [6.45, 7) is 2.78. The van der Waals surface area contributed by atoms with E-state index in [-0.39, 0.29) is 4.90 Å². The van der Waals surface area contributed by atoms with E-state index in [0.717, 1.165) is 4.31 Å². The number of carbonyl (C=O) groups excluding carboxylic acids is 1. The van der Waals surface area contributed by atoms with Crippen molar-refractivity contribution in [3.63, 3.8) is 0 Å². The normalized spacial score (nSPS) is 12.0. The van der Waals surface area contributed by atoms with Crippen molar-refractivity contribution in [1.82, 2.24) is 9.79 Å². The third-order valence-electron chi connectivity index (χ3n) is 3.91. The molecule has 0 heterocycles. The second-order valence-electron chi connectivity index (χ2n) is 5.86. The van der Waals surface area contributed by atoms with E-state index in [1.807, 2.05) is 18.2 Å². The van der Waals surface area contributed by atoms with Crippen LogP contribution in [0.1, 0.15) is 13.8 Å². The standard InChI is InChI=1S/C17H20N2O5S/c1-17(2,16(20)18-21)19(3)25(22,23)15-11-9-14(10-12-15)24-13-7-5-4-6-8-13/h4-12,21H,1-3H3,(H,18,20). The summed E-state index contributed by atoms with van der Waals surface area (Å²) >= 11 is 0. The fraction of sp³-hybridized carbons (Fsp3) is 0.235. The third-order valence-corrected chi connectivity index (χ3v) is 5.95. The molecule has 2 aromatic rings.